The van der Waals surface area contributed by atoms with Crippen LogP contribution in [0.1, 0.15) is 31.9 Å². The summed E-state index contributed by atoms with van der Waals surface area (Å²) in [7, 11) is 2.11. The molecular formula is C33H33N2O2PS. The van der Waals surface area contributed by atoms with E-state index in [0.717, 1.165) is 33.8 Å². The zero-order chi connectivity index (χ0) is 27.5. The first-order valence-corrected chi connectivity index (χ1v) is 15.9. The van der Waals surface area contributed by atoms with Crippen molar-refractivity contribution < 1.29 is 9.26 Å². The lowest BCUT2D eigenvalue weighted by atomic mass is 9.84. The summed E-state index contributed by atoms with van der Waals surface area (Å²) in [6, 6.07) is 34.5. The average molecular weight is 553 g/mol. The van der Waals surface area contributed by atoms with Crippen LogP contribution in [0.3, 0.4) is 0 Å². The highest BCUT2D eigenvalue weighted by Crippen LogP contribution is 2.55. The van der Waals surface area contributed by atoms with Gasteiger partial charge in [0.25, 0.3) is 0 Å². The van der Waals surface area contributed by atoms with Gasteiger partial charge in [-0.2, -0.15) is 0 Å². The van der Waals surface area contributed by atoms with Crippen LogP contribution in [0.15, 0.2) is 120 Å². The maximum absolute atomic E-state index is 6.71. The van der Waals surface area contributed by atoms with E-state index >= 15 is 0 Å². The third-order valence-electron chi connectivity index (χ3n) is 6.98. The van der Waals surface area contributed by atoms with Crippen molar-refractivity contribution in [3.05, 3.63) is 126 Å². The molecule has 0 N–H and O–H groups in total. The van der Waals surface area contributed by atoms with Crippen molar-refractivity contribution in [3.63, 3.8) is 0 Å². The molecule has 1 aliphatic heterocycles. The first-order chi connectivity index (χ1) is 18.8. The molecule has 1 heterocycles. The number of fused-ring (bicyclic) bond motifs is 1. The Kier molecular flexibility index (Phi) is 7.74. The van der Waals surface area contributed by atoms with Crippen LogP contribution in [0.2, 0.25) is 0 Å². The largest absolute Gasteiger partial charge is 0.494 e. The average Bonchev–Trinajstić information content (AvgIpc) is 3.14. The van der Waals surface area contributed by atoms with Gasteiger partial charge in [0.1, 0.15) is 11.5 Å². The minimum Gasteiger partial charge on any atom is -0.494 e. The fraction of sp³-hybridized carbons (Fsp3) is 0.182. The van der Waals surface area contributed by atoms with Crippen LogP contribution in [0.5, 0.6) is 11.5 Å². The Labute approximate surface area is 236 Å². The number of likely N-dealkylation sites (N-methyl/N-ethyl adjacent to an activating group) is 1. The third kappa shape index (κ3) is 5.71. The number of anilines is 1. The molecule has 0 saturated heterocycles. The minimum atomic E-state index is -2.59. The molecule has 4 aromatic rings. The molecule has 39 heavy (non-hydrogen) atoms. The topological polar surface area (TPSA) is 34.1 Å². The second kappa shape index (κ2) is 11.2. The highest BCUT2D eigenvalue weighted by Gasteiger charge is 2.40. The van der Waals surface area contributed by atoms with Crippen LogP contribution in [-0.4, -0.2) is 19.9 Å². The Balaban J connectivity index is 1.42. The first kappa shape index (κ1) is 26.9. The molecule has 0 radical (unpaired) electrons. The maximum atomic E-state index is 6.71. The molecule has 6 heteroatoms. The van der Waals surface area contributed by atoms with E-state index < -0.39 is 6.26 Å². The number of rotatable bonds is 8. The molecule has 0 spiro atoms. The zero-order valence-corrected chi connectivity index (χ0v) is 24.5. The Bertz CT molecular complexity index is 1550. The van der Waals surface area contributed by atoms with Crippen molar-refractivity contribution in [1.29, 1.82) is 0 Å². The molecule has 0 aliphatic carbocycles. The standard InChI is InChI=1S/C33H33N2O2PS/c1-5-36-27-21-17-26(18-22-27)34-23-25-15-19-28(20-16-25)37-38(39,29-11-7-6-8-12-29)24-32-33(2,3)30-13-9-10-14-31(30)35(32)4/h6-24H,5H2,1-4H3/b32-24+,34-23?/t38-/m0/s1. The van der Waals surface area contributed by atoms with Crippen LogP contribution >= 0.6 is 6.26 Å². The molecule has 0 amide bonds. The summed E-state index contributed by atoms with van der Waals surface area (Å²) in [6.45, 7) is 7.13. The van der Waals surface area contributed by atoms with E-state index in [1.54, 1.807) is 0 Å². The Morgan fingerprint density at radius 3 is 2.15 bits per heavy atom. The molecule has 4 nitrogen and oxygen atoms in total. The van der Waals surface area contributed by atoms with E-state index in [1.165, 1.54) is 11.3 Å². The lowest BCUT2D eigenvalue weighted by molar-refractivity contribution is 0.340. The van der Waals surface area contributed by atoms with E-state index in [4.69, 9.17) is 21.1 Å². The monoisotopic (exact) mass is 552 g/mol. The zero-order valence-electron chi connectivity index (χ0n) is 22.7. The number of para-hydroxylation sites is 1. The summed E-state index contributed by atoms with van der Waals surface area (Å²) < 4.78 is 12.2. The number of aliphatic imine (C=N–C) groups is 1. The van der Waals surface area contributed by atoms with Crippen LogP contribution in [-0.2, 0) is 17.2 Å². The van der Waals surface area contributed by atoms with Crippen molar-refractivity contribution in [3.8, 4) is 11.5 Å². The maximum Gasteiger partial charge on any atom is 0.166 e. The van der Waals surface area contributed by atoms with Crippen molar-refractivity contribution in [2.45, 2.75) is 26.2 Å². The molecule has 0 aromatic heterocycles. The molecule has 0 bridgehead atoms. The van der Waals surface area contributed by atoms with Gasteiger partial charge in [-0.05, 0) is 84.5 Å². The summed E-state index contributed by atoms with van der Waals surface area (Å²) in [5.74, 6) is 3.80. The predicted octanol–water partition coefficient (Wildman–Crippen LogP) is 8.20. The van der Waals surface area contributed by atoms with Gasteiger partial charge in [0, 0.05) is 41.2 Å². The fourth-order valence-corrected chi connectivity index (χ4v) is 7.97. The normalized spacial score (nSPS) is 16.7. The quantitative estimate of drug-likeness (QED) is 0.163. The minimum absolute atomic E-state index is 0.186. The molecule has 0 saturated carbocycles. The Morgan fingerprint density at radius 2 is 1.49 bits per heavy atom. The van der Waals surface area contributed by atoms with Crippen molar-refractivity contribution in [2.24, 2.45) is 4.99 Å². The number of benzene rings is 4. The van der Waals surface area contributed by atoms with Crippen molar-refractivity contribution in [2.75, 3.05) is 18.6 Å². The van der Waals surface area contributed by atoms with Gasteiger partial charge in [-0.1, -0.05) is 62.4 Å². The number of hydrogen-bond donors (Lipinski definition) is 0. The van der Waals surface area contributed by atoms with Gasteiger partial charge >= 0.3 is 0 Å². The van der Waals surface area contributed by atoms with Gasteiger partial charge in [-0.15, -0.1) is 0 Å². The van der Waals surface area contributed by atoms with Crippen molar-refractivity contribution in [1.82, 2.24) is 0 Å². The molecule has 5 rings (SSSR count). The molecule has 198 valence electrons. The van der Waals surface area contributed by atoms with Gasteiger partial charge in [0.2, 0.25) is 0 Å². The number of ether oxygens (including phenoxy) is 1. The molecular weight excluding hydrogens is 519 g/mol. The van der Waals surface area contributed by atoms with Gasteiger partial charge < -0.3 is 14.2 Å². The molecule has 0 fully saturated rings. The molecule has 0 unspecified atom stereocenters. The number of hydrogen-bond acceptors (Lipinski definition) is 5. The summed E-state index contributed by atoms with van der Waals surface area (Å²) in [5.41, 5.74) is 5.33. The van der Waals surface area contributed by atoms with Crippen molar-refractivity contribution >= 4 is 41.0 Å². The lowest BCUT2D eigenvalue weighted by Gasteiger charge is -2.28. The van der Waals surface area contributed by atoms with Crippen LogP contribution in [0.25, 0.3) is 0 Å². The summed E-state index contributed by atoms with van der Waals surface area (Å²) in [5, 5.41) is 1.02. The lowest BCUT2D eigenvalue weighted by Crippen LogP contribution is -2.24. The number of nitrogens with zero attached hydrogens (tertiary/aromatic N) is 2. The fourth-order valence-electron chi connectivity index (χ4n) is 4.90. The van der Waals surface area contributed by atoms with Gasteiger partial charge in [-0.3, -0.25) is 4.99 Å². The van der Waals surface area contributed by atoms with E-state index in [-0.39, 0.29) is 5.41 Å². The van der Waals surface area contributed by atoms with Gasteiger partial charge in [0.15, 0.2) is 6.26 Å². The smallest absolute Gasteiger partial charge is 0.166 e. The van der Waals surface area contributed by atoms with E-state index in [2.05, 4.69) is 73.0 Å². The second-order valence-corrected chi connectivity index (χ2v) is 13.8. The Hall–Kier alpha value is -3.66. The first-order valence-electron chi connectivity index (χ1n) is 13.1. The van der Waals surface area contributed by atoms with Gasteiger partial charge in [-0.25, -0.2) is 0 Å². The van der Waals surface area contributed by atoms with Gasteiger partial charge in [0.05, 0.1) is 12.3 Å². The van der Waals surface area contributed by atoms with E-state index in [9.17, 15) is 0 Å². The highest BCUT2D eigenvalue weighted by molar-refractivity contribution is 8.17. The predicted molar refractivity (Wildman–Crippen MR) is 168 cm³/mol. The van der Waals surface area contributed by atoms with Crippen LogP contribution < -0.4 is 19.5 Å². The molecule has 4 aromatic carbocycles. The SMILES string of the molecule is CCOc1ccc(N=Cc2ccc(O[P@](=S)(/C=C3/N(C)c4ccccc4C3(C)C)c3ccccc3)cc2)cc1. The van der Waals surface area contributed by atoms with Crippen LogP contribution in [0.4, 0.5) is 11.4 Å². The molecule has 1 aliphatic rings. The second-order valence-electron chi connectivity index (χ2n) is 9.99. The van der Waals surface area contributed by atoms with Crippen LogP contribution in [0, 0.1) is 0 Å². The summed E-state index contributed by atoms with van der Waals surface area (Å²) in [4.78, 5) is 6.85. The Morgan fingerprint density at radius 1 is 0.846 bits per heavy atom. The van der Waals surface area contributed by atoms with E-state index in [1.807, 2.05) is 79.9 Å². The number of allylic oxidation sites excluding steroid dienone is 1. The summed E-state index contributed by atoms with van der Waals surface area (Å²) >= 11 is 6.38. The molecule has 1 atom stereocenters. The summed E-state index contributed by atoms with van der Waals surface area (Å²) in [6.07, 6.45) is -0.744. The third-order valence-corrected chi connectivity index (χ3v) is 10.2. The van der Waals surface area contributed by atoms with E-state index in [0.29, 0.717) is 6.61 Å². The highest BCUT2D eigenvalue weighted by atomic mass is 32.4.